The van der Waals surface area contributed by atoms with Gasteiger partial charge in [-0.15, -0.1) is 0 Å². The van der Waals surface area contributed by atoms with Gasteiger partial charge < -0.3 is 10.6 Å². The molecule has 0 unspecified atom stereocenters. The van der Waals surface area contributed by atoms with Crippen molar-refractivity contribution in [3.8, 4) is 11.3 Å². The van der Waals surface area contributed by atoms with Crippen LogP contribution in [0.25, 0.3) is 22.3 Å². The second kappa shape index (κ2) is 9.24. The number of carbonyl (C=O) groups excluding carboxylic acids is 2. The van der Waals surface area contributed by atoms with Gasteiger partial charge >= 0.3 is 0 Å². The molecule has 0 atom stereocenters. The van der Waals surface area contributed by atoms with Crippen molar-refractivity contribution in [3.63, 3.8) is 0 Å². The number of benzene rings is 2. The predicted octanol–water partition coefficient (Wildman–Crippen LogP) is 3.79. The Hall–Kier alpha value is -4.00. The molecular formula is C26H27N5O2. The van der Waals surface area contributed by atoms with E-state index in [1.54, 1.807) is 16.9 Å². The van der Waals surface area contributed by atoms with Gasteiger partial charge in [0, 0.05) is 11.1 Å². The number of nitrogens with zero attached hydrogens (tertiary/aromatic N) is 3. The first-order chi connectivity index (χ1) is 15.8. The molecule has 7 heteroatoms. The lowest BCUT2D eigenvalue weighted by atomic mass is 10.1. The highest BCUT2D eigenvalue weighted by Gasteiger charge is 2.19. The Morgan fingerprint density at radius 3 is 2.30 bits per heavy atom. The third kappa shape index (κ3) is 5.44. The van der Waals surface area contributed by atoms with Crippen molar-refractivity contribution in [2.24, 2.45) is 0 Å². The molecule has 33 heavy (non-hydrogen) atoms. The van der Waals surface area contributed by atoms with E-state index in [2.05, 4.69) is 15.7 Å². The summed E-state index contributed by atoms with van der Waals surface area (Å²) in [6.45, 7) is 6.11. The van der Waals surface area contributed by atoms with Crippen molar-refractivity contribution in [1.82, 2.24) is 25.4 Å². The van der Waals surface area contributed by atoms with Crippen LogP contribution in [0.1, 0.15) is 36.7 Å². The number of hydrogen-bond donors (Lipinski definition) is 2. The van der Waals surface area contributed by atoms with Crippen LogP contribution in [0.15, 0.2) is 72.9 Å². The van der Waals surface area contributed by atoms with Crippen LogP contribution in [0.2, 0.25) is 0 Å². The van der Waals surface area contributed by atoms with Gasteiger partial charge in [0.05, 0.1) is 35.9 Å². The van der Waals surface area contributed by atoms with Gasteiger partial charge in [-0.1, -0.05) is 60.7 Å². The second-order valence-corrected chi connectivity index (χ2v) is 8.93. The van der Waals surface area contributed by atoms with E-state index in [1.165, 1.54) is 0 Å². The molecule has 0 aliphatic heterocycles. The van der Waals surface area contributed by atoms with E-state index in [9.17, 15) is 9.59 Å². The second-order valence-electron chi connectivity index (χ2n) is 8.93. The molecule has 0 spiro atoms. The van der Waals surface area contributed by atoms with E-state index in [0.29, 0.717) is 28.8 Å². The van der Waals surface area contributed by atoms with Crippen LogP contribution in [0.4, 0.5) is 0 Å². The fraction of sp³-hybridized carbons (Fsp3) is 0.231. The summed E-state index contributed by atoms with van der Waals surface area (Å²) in [5.74, 6) is -0.591. The molecular weight excluding hydrogens is 414 g/mol. The first-order valence-corrected chi connectivity index (χ1v) is 10.9. The number of fused-ring (bicyclic) bond motifs is 1. The summed E-state index contributed by atoms with van der Waals surface area (Å²) in [5, 5.41) is 10.7. The lowest BCUT2D eigenvalue weighted by Crippen LogP contribution is -2.45. The highest BCUT2D eigenvalue weighted by Crippen LogP contribution is 2.25. The average molecular weight is 442 g/mol. The lowest BCUT2D eigenvalue weighted by Gasteiger charge is -2.20. The predicted molar refractivity (Wildman–Crippen MR) is 129 cm³/mol. The van der Waals surface area contributed by atoms with E-state index >= 15 is 0 Å². The topological polar surface area (TPSA) is 88.9 Å². The van der Waals surface area contributed by atoms with Crippen molar-refractivity contribution in [2.75, 3.05) is 6.54 Å². The van der Waals surface area contributed by atoms with Gasteiger partial charge in [-0.3, -0.25) is 9.59 Å². The van der Waals surface area contributed by atoms with Gasteiger partial charge in [-0.25, -0.2) is 9.67 Å². The van der Waals surface area contributed by atoms with Gasteiger partial charge in [0.2, 0.25) is 5.91 Å². The molecule has 2 heterocycles. The van der Waals surface area contributed by atoms with E-state index in [-0.39, 0.29) is 23.9 Å². The molecule has 0 aliphatic rings. The van der Waals surface area contributed by atoms with Crippen molar-refractivity contribution in [2.45, 2.75) is 32.9 Å². The molecule has 4 aromatic rings. The van der Waals surface area contributed by atoms with Crippen LogP contribution >= 0.6 is 0 Å². The van der Waals surface area contributed by atoms with Gasteiger partial charge in [-0.2, -0.15) is 5.10 Å². The largest absolute Gasteiger partial charge is 0.350 e. The quantitative estimate of drug-likeness (QED) is 0.476. The zero-order chi connectivity index (χ0) is 23.4. The van der Waals surface area contributed by atoms with Crippen molar-refractivity contribution >= 4 is 22.8 Å². The van der Waals surface area contributed by atoms with Crippen LogP contribution in [-0.2, 0) is 11.3 Å². The van der Waals surface area contributed by atoms with E-state index in [1.807, 2.05) is 81.4 Å². The third-order valence-electron chi connectivity index (χ3n) is 5.02. The molecule has 4 rings (SSSR count). The molecule has 2 aromatic carbocycles. The Labute approximate surface area is 192 Å². The summed E-state index contributed by atoms with van der Waals surface area (Å²) in [5.41, 5.74) is 3.32. The third-order valence-corrected chi connectivity index (χ3v) is 5.02. The first-order valence-electron chi connectivity index (χ1n) is 10.9. The Bertz CT molecular complexity index is 1270. The number of amides is 2. The maximum atomic E-state index is 13.1. The summed E-state index contributed by atoms with van der Waals surface area (Å²) < 4.78 is 1.79. The standard InChI is InChI=1S/C26H27N5O2/c1-26(2,3)30-23(32)16-27-25(33)20-14-22(19-12-8-5-9-13-19)29-24-21(20)15-28-31(24)17-18-10-6-4-7-11-18/h4-15H,16-17H2,1-3H3,(H,27,33)(H,30,32). The molecule has 0 bridgehead atoms. The summed E-state index contributed by atoms with van der Waals surface area (Å²) in [7, 11) is 0. The minimum Gasteiger partial charge on any atom is -0.350 e. The van der Waals surface area contributed by atoms with Crippen molar-refractivity contribution < 1.29 is 9.59 Å². The summed E-state index contributed by atoms with van der Waals surface area (Å²) >= 11 is 0. The molecule has 0 saturated heterocycles. The number of rotatable bonds is 6. The summed E-state index contributed by atoms with van der Waals surface area (Å²) in [6.07, 6.45) is 1.66. The zero-order valence-electron chi connectivity index (χ0n) is 19.0. The average Bonchev–Trinajstić information content (AvgIpc) is 3.19. The fourth-order valence-corrected chi connectivity index (χ4v) is 3.58. The molecule has 2 amide bonds. The van der Waals surface area contributed by atoms with Gasteiger partial charge in [-0.05, 0) is 32.4 Å². The fourth-order valence-electron chi connectivity index (χ4n) is 3.58. The number of aromatic nitrogens is 3. The smallest absolute Gasteiger partial charge is 0.252 e. The Morgan fingerprint density at radius 2 is 1.64 bits per heavy atom. The van der Waals surface area contributed by atoms with Gasteiger partial charge in [0.1, 0.15) is 0 Å². The number of hydrogen-bond acceptors (Lipinski definition) is 4. The molecule has 0 fully saturated rings. The molecule has 7 nitrogen and oxygen atoms in total. The number of nitrogens with one attached hydrogen (secondary N) is 2. The normalized spacial score (nSPS) is 11.4. The van der Waals surface area contributed by atoms with Crippen LogP contribution in [0, 0.1) is 0 Å². The summed E-state index contributed by atoms with van der Waals surface area (Å²) in [4.78, 5) is 30.2. The lowest BCUT2D eigenvalue weighted by molar-refractivity contribution is -0.121. The number of pyridine rings is 1. The molecule has 2 N–H and O–H groups in total. The monoisotopic (exact) mass is 441 g/mol. The Kier molecular flexibility index (Phi) is 6.22. The minimum atomic E-state index is -0.370. The highest BCUT2D eigenvalue weighted by atomic mass is 16.2. The Morgan fingerprint density at radius 1 is 0.970 bits per heavy atom. The summed E-state index contributed by atoms with van der Waals surface area (Å²) in [6, 6.07) is 21.4. The molecule has 0 aliphatic carbocycles. The molecule has 0 saturated carbocycles. The molecule has 168 valence electrons. The van der Waals surface area contributed by atoms with Crippen LogP contribution < -0.4 is 10.6 Å². The van der Waals surface area contributed by atoms with Crippen LogP contribution in [0.5, 0.6) is 0 Å². The van der Waals surface area contributed by atoms with E-state index in [0.717, 1.165) is 11.1 Å². The SMILES string of the molecule is CC(C)(C)NC(=O)CNC(=O)c1cc(-c2ccccc2)nc2c1cnn2Cc1ccccc1. The Balaban J connectivity index is 1.70. The van der Waals surface area contributed by atoms with Crippen molar-refractivity contribution in [3.05, 3.63) is 84.1 Å². The minimum absolute atomic E-state index is 0.112. The maximum Gasteiger partial charge on any atom is 0.252 e. The van der Waals surface area contributed by atoms with Crippen LogP contribution in [-0.4, -0.2) is 38.7 Å². The van der Waals surface area contributed by atoms with E-state index in [4.69, 9.17) is 4.98 Å². The molecule has 2 aromatic heterocycles. The van der Waals surface area contributed by atoms with Crippen molar-refractivity contribution in [1.29, 1.82) is 0 Å². The van der Waals surface area contributed by atoms with Crippen LogP contribution in [0.3, 0.4) is 0 Å². The zero-order valence-corrected chi connectivity index (χ0v) is 19.0. The van der Waals surface area contributed by atoms with Gasteiger partial charge in [0.25, 0.3) is 5.91 Å². The maximum absolute atomic E-state index is 13.1. The highest BCUT2D eigenvalue weighted by molar-refractivity contribution is 6.07. The van der Waals surface area contributed by atoms with Gasteiger partial charge in [0.15, 0.2) is 5.65 Å². The first kappa shape index (κ1) is 22.2. The number of carbonyl (C=O) groups is 2. The van der Waals surface area contributed by atoms with E-state index < -0.39 is 0 Å². The molecule has 0 radical (unpaired) electrons.